The van der Waals surface area contributed by atoms with Gasteiger partial charge in [0.05, 0.1) is 6.04 Å². The highest BCUT2D eigenvalue weighted by atomic mass is 16.2. The molecule has 0 bridgehead atoms. The van der Waals surface area contributed by atoms with E-state index >= 15 is 0 Å². The zero-order valence-corrected chi connectivity index (χ0v) is 13.7. The summed E-state index contributed by atoms with van der Waals surface area (Å²) in [6, 6.07) is 7.28. The molecule has 1 atom stereocenters. The van der Waals surface area contributed by atoms with Crippen LogP contribution >= 0.6 is 0 Å². The van der Waals surface area contributed by atoms with Crippen LogP contribution in [0.25, 0.3) is 0 Å². The van der Waals surface area contributed by atoms with Crippen LogP contribution in [0.15, 0.2) is 18.2 Å². The van der Waals surface area contributed by atoms with Crippen LogP contribution in [0, 0.1) is 0 Å². The van der Waals surface area contributed by atoms with Crippen LogP contribution in [0.2, 0.25) is 0 Å². The third kappa shape index (κ3) is 3.63. The first kappa shape index (κ1) is 15.4. The highest BCUT2D eigenvalue weighted by molar-refractivity contribution is 5.74. The minimum absolute atomic E-state index is 0.00327. The monoisotopic (exact) mass is 300 g/mol. The highest BCUT2D eigenvalue weighted by Gasteiger charge is 2.20. The summed E-state index contributed by atoms with van der Waals surface area (Å²) in [6.07, 6.45) is 10.7. The number of rotatable bonds is 4. The Hall–Kier alpha value is -1.51. The second-order valence-electron chi connectivity index (χ2n) is 6.80. The van der Waals surface area contributed by atoms with Crippen molar-refractivity contribution >= 4 is 6.03 Å². The number of nitrogens with one attached hydrogen (secondary N) is 2. The Morgan fingerprint density at radius 2 is 1.86 bits per heavy atom. The van der Waals surface area contributed by atoms with E-state index in [1.807, 2.05) is 0 Å². The van der Waals surface area contributed by atoms with Crippen LogP contribution in [0.5, 0.6) is 0 Å². The minimum atomic E-state index is -0.00327. The van der Waals surface area contributed by atoms with Crippen molar-refractivity contribution in [1.82, 2.24) is 10.6 Å². The number of urea groups is 1. The second kappa shape index (κ2) is 7.17. The molecule has 120 valence electrons. The molecule has 0 aromatic heterocycles. The van der Waals surface area contributed by atoms with Gasteiger partial charge in [-0.15, -0.1) is 0 Å². The van der Waals surface area contributed by atoms with Gasteiger partial charge in [0.25, 0.3) is 0 Å². The van der Waals surface area contributed by atoms with Gasteiger partial charge in [0.1, 0.15) is 0 Å². The quantitative estimate of drug-likeness (QED) is 0.857. The number of benzene rings is 1. The minimum Gasteiger partial charge on any atom is -0.335 e. The lowest BCUT2D eigenvalue weighted by Gasteiger charge is -2.23. The van der Waals surface area contributed by atoms with Crippen molar-refractivity contribution in [1.29, 1.82) is 0 Å². The molecule has 1 aromatic carbocycles. The van der Waals surface area contributed by atoms with E-state index in [0.29, 0.717) is 6.04 Å². The maximum atomic E-state index is 12.2. The Labute approximate surface area is 133 Å². The van der Waals surface area contributed by atoms with Gasteiger partial charge >= 0.3 is 6.03 Å². The van der Waals surface area contributed by atoms with Crippen molar-refractivity contribution < 1.29 is 4.79 Å². The third-order valence-corrected chi connectivity index (χ3v) is 5.18. The molecule has 3 heteroatoms. The summed E-state index contributed by atoms with van der Waals surface area (Å²) in [5, 5.41) is 6.29. The van der Waals surface area contributed by atoms with Gasteiger partial charge < -0.3 is 10.6 Å². The predicted molar refractivity (Wildman–Crippen MR) is 90.0 cm³/mol. The average molecular weight is 300 g/mol. The molecule has 3 rings (SSSR count). The van der Waals surface area contributed by atoms with Gasteiger partial charge in [-0.2, -0.15) is 0 Å². The van der Waals surface area contributed by atoms with E-state index in [1.165, 1.54) is 55.2 Å². The Morgan fingerprint density at radius 1 is 1.14 bits per heavy atom. The number of hydrogen-bond acceptors (Lipinski definition) is 1. The lowest BCUT2D eigenvalue weighted by Crippen LogP contribution is -2.42. The van der Waals surface area contributed by atoms with Crippen LogP contribution in [-0.4, -0.2) is 12.1 Å². The van der Waals surface area contributed by atoms with Gasteiger partial charge in [-0.3, -0.25) is 0 Å². The number of aryl methyl sites for hydroxylation is 2. The molecule has 0 saturated heterocycles. The van der Waals surface area contributed by atoms with E-state index in [4.69, 9.17) is 0 Å². The smallest absolute Gasteiger partial charge is 0.315 e. The fourth-order valence-corrected chi connectivity index (χ4v) is 3.85. The van der Waals surface area contributed by atoms with Crippen molar-refractivity contribution in [3.63, 3.8) is 0 Å². The molecule has 0 spiro atoms. The molecular weight excluding hydrogens is 272 g/mol. The molecule has 1 unspecified atom stereocenters. The number of amides is 2. The fraction of sp³-hybridized carbons (Fsp3) is 0.632. The summed E-state index contributed by atoms with van der Waals surface area (Å²) in [5.74, 6) is 0. The summed E-state index contributed by atoms with van der Waals surface area (Å²) in [6.45, 7) is 2.14. The summed E-state index contributed by atoms with van der Waals surface area (Å²) >= 11 is 0. The van der Waals surface area contributed by atoms with Crippen LogP contribution in [-0.2, 0) is 12.8 Å². The average Bonchev–Trinajstić information content (AvgIpc) is 3.05. The van der Waals surface area contributed by atoms with Crippen LogP contribution < -0.4 is 10.6 Å². The normalized spacial score (nSPS) is 19.5. The lowest BCUT2D eigenvalue weighted by molar-refractivity contribution is 0.233. The topological polar surface area (TPSA) is 41.1 Å². The third-order valence-electron chi connectivity index (χ3n) is 5.18. The Kier molecular flexibility index (Phi) is 5.01. The molecule has 3 nitrogen and oxygen atoms in total. The molecule has 0 aliphatic heterocycles. The summed E-state index contributed by atoms with van der Waals surface area (Å²) in [7, 11) is 0. The zero-order chi connectivity index (χ0) is 15.4. The molecule has 1 aromatic rings. The number of hydrogen-bond donors (Lipinski definition) is 2. The Morgan fingerprint density at radius 3 is 2.59 bits per heavy atom. The lowest BCUT2D eigenvalue weighted by atomic mass is 9.89. The second-order valence-corrected chi connectivity index (χ2v) is 6.80. The van der Waals surface area contributed by atoms with Gasteiger partial charge in [-0.05, 0) is 61.6 Å². The maximum Gasteiger partial charge on any atom is 0.315 e. The van der Waals surface area contributed by atoms with Gasteiger partial charge in [0.15, 0.2) is 0 Å². The van der Waals surface area contributed by atoms with Gasteiger partial charge in [0.2, 0.25) is 0 Å². The van der Waals surface area contributed by atoms with Crippen molar-refractivity contribution in [2.24, 2.45) is 0 Å². The number of carbonyl (C=O) groups is 1. The standard InChI is InChI=1S/C19H28N2O/c1-2-18(21-19(22)20-17-9-5-6-10-17)16-12-11-14-7-3-4-8-15(14)13-16/h11-13,17-18H,2-10H2,1H3,(H2,20,21,22). The van der Waals surface area contributed by atoms with E-state index in [1.54, 1.807) is 0 Å². The SMILES string of the molecule is CCC(NC(=O)NC1CCCC1)c1ccc2c(c1)CCCC2. The number of fused-ring (bicyclic) bond motifs is 1. The van der Waals surface area contributed by atoms with E-state index in [2.05, 4.69) is 35.8 Å². The molecule has 2 N–H and O–H groups in total. The van der Waals surface area contributed by atoms with Crippen LogP contribution in [0.1, 0.15) is 74.6 Å². The largest absolute Gasteiger partial charge is 0.335 e. The maximum absolute atomic E-state index is 12.2. The molecule has 0 heterocycles. The first-order valence-corrected chi connectivity index (χ1v) is 8.95. The molecular formula is C19H28N2O. The van der Waals surface area contributed by atoms with E-state index in [0.717, 1.165) is 19.3 Å². The van der Waals surface area contributed by atoms with Crippen molar-refractivity contribution in [2.45, 2.75) is 76.8 Å². The van der Waals surface area contributed by atoms with Gasteiger partial charge in [-0.1, -0.05) is 38.0 Å². The molecule has 2 amide bonds. The first-order valence-electron chi connectivity index (χ1n) is 8.95. The van der Waals surface area contributed by atoms with E-state index in [-0.39, 0.29) is 12.1 Å². The molecule has 2 aliphatic carbocycles. The van der Waals surface area contributed by atoms with Gasteiger partial charge in [-0.25, -0.2) is 4.79 Å². The zero-order valence-electron chi connectivity index (χ0n) is 13.7. The van der Waals surface area contributed by atoms with E-state index < -0.39 is 0 Å². The molecule has 0 radical (unpaired) electrons. The summed E-state index contributed by atoms with van der Waals surface area (Å²) in [4.78, 5) is 12.2. The molecule has 2 aliphatic rings. The number of carbonyl (C=O) groups excluding carboxylic acids is 1. The van der Waals surface area contributed by atoms with E-state index in [9.17, 15) is 4.79 Å². The Balaban J connectivity index is 1.64. The highest BCUT2D eigenvalue weighted by Crippen LogP contribution is 2.26. The summed E-state index contributed by atoms with van der Waals surface area (Å²) < 4.78 is 0. The van der Waals surface area contributed by atoms with Crippen LogP contribution in [0.3, 0.4) is 0 Å². The van der Waals surface area contributed by atoms with Crippen molar-refractivity contribution in [3.8, 4) is 0 Å². The first-order chi connectivity index (χ1) is 10.8. The predicted octanol–water partition coefficient (Wildman–Crippen LogP) is 4.26. The molecule has 22 heavy (non-hydrogen) atoms. The van der Waals surface area contributed by atoms with Crippen molar-refractivity contribution in [2.75, 3.05) is 0 Å². The summed E-state index contributed by atoms with van der Waals surface area (Å²) in [5.41, 5.74) is 4.24. The Bertz CT molecular complexity index is 520. The van der Waals surface area contributed by atoms with Gasteiger partial charge in [0, 0.05) is 6.04 Å². The van der Waals surface area contributed by atoms with Crippen LogP contribution in [0.4, 0.5) is 4.79 Å². The fourth-order valence-electron chi connectivity index (χ4n) is 3.85. The molecule has 1 saturated carbocycles. The molecule has 1 fully saturated rings. The van der Waals surface area contributed by atoms with Crippen molar-refractivity contribution in [3.05, 3.63) is 34.9 Å².